The molecule has 1 N–H and O–H groups in total. The number of aryl methyl sites for hydroxylation is 1. The second kappa shape index (κ2) is 22.9. The molecule has 4 aromatic rings. The van der Waals surface area contributed by atoms with E-state index in [0.29, 0.717) is 48.4 Å². The molecule has 0 bridgehead atoms. The van der Waals surface area contributed by atoms with Gasteiger partial charge in [0, 0.05) is 54.3 Å². The number of hydrogen-bond acceptors (Lipinski definition) is 14. The van der Waals surface area contributed by atoms with Crippen LogP contribution in [0.25, 0.3) is 0 Å². The summed E-state index contributed by atoms with van der Waals surface area (Å²) >= 11 is 1.99. The molecule has 2 aliphatic rings. The van der Waals surface area contributed by atoms with Crippen LogP contribution in [0.5, 0.6) is 11.5 Å². The zero-order chi connectivity index (χ0) is 46.5. The molecule has 2 fully saturated rings. The van der Waals surface area contributed by atoms with Gasteiger partial charge in [-0.05, 0) is 94.0 Å². The van der Waals surface area contributed by atoms with Crippen LogP contribution in [0, 0.1) is 5.41 Å². The molecule has 2 aliphatic heterocycles. The van der Waals surface area contributed by atoms with Crippen molar-refractivity contribution in [3.63, 3.8) is 0 Å². The van der Waals surface area contributed by atoms with E-state index in [1.54, 1.807) is 63.5 Å². The van der Waals surface area contributed by atoms with Gasteiger partial charge >= 0.3 is 11.9 Å². The molecule has 14 nitrogen and oxygen atoms in total. The number of unbranched alkanes of at least 4 members (excludes halogenated alkanes) is 2. The van der Waals surface area contributed by atoms with Crippen molar-refractivity contribution < 1.29 is 47.7 Å². The van der Waals surface area contributed by atoms with Crippen LogP contribution >= 0.6 is 23.5 Å². The number of hydrogen-bond donors (Lipinski definition) is 1. The minimum absolute atomic E-state index is 0.0294. The van der Waals surface area contributed by atoms with E-state index in [-0.39, 0.29) is 60.4 Å². The molecule has 2 aromatic carbocycles. The molecule has 0 spiro atoms. The molecule has 6 rings (SSSR count). The molecule has 4 heterocycles. The molecule has 4 amide bonds. The summed E-state index contributed by atoms with van der Waals surface area (Å²) in [5.74, 6) is -0.146. The van der Waals surface area contributed by atoms with E-state index in [0.717, 1.165) is 65.2 Å². The van der Waals surface area contributed by atoms with Gasteiger partial charge in [0.25, 0.3) is 10.5 Å². The Kier molecular flexibility index (Phi) is 17.2. The molecule has 2 unspecified atom stereocenters. The van der Waals surface area contributed by atoms with Crippen molar-refractivity contribution >= 4 is 57.8 Å². The third-order valence-corrected chi connectivity index (χ3v) is 12.8. The van der Waals surface area contributed by atoms with Crippen LogP contribution in [0.2, 0.25) is 0 Å². The average Bonchev–Trinajstić information content (AvgIpc) is 3.76. The summed E-state index contributed by atoms with van der Waals surface area (Å²) in [6.07, 6.45) is 6.67. The number of amides is 4. The summed E-state index contributed by atoms with van der Waals surface area (Å²) in [7, 11) is 0. The topological polar surface area (TPSA) is 180 Å². The monoisotopic (exact) mass is 924 g/mol. The van der Waals surface area contributed by atoms with Crippen molar-refractivity contribution in [1.29, 1.82) is 0 Å². The third-order valence-electron chi connectivity index (χ3n) is 10.8. The van der Waals surface area contributed by atoms with E-state index in [9.17, 15) is 28.8 Å². The maximum Gasteiger partial charge on any atom is 0.311 e. The van der Waals surface area contributed by atoms with E-state index >= 15 is 0 Å². The number of imide groups is 2. The molecule has 65 heavy (non-hydrogen) atoms. The Morgan fingerprint density at radius 3 is 1.80 bits per heavy atom. The zero-order valence-corrected chi connectivity index (χ0v) is 39.0. The van der Waals surface area contributed by atoms with Gasteiger partial charge in [-0.2, -0.15) is 0 Å². The Hall–Kier alpha value is -5.74. The Balaban J connectivity index is 1.01. The number of esters is 2. The fourth-order valence-electron chi connectivity index (χ4n) is 6.85. The van der Waals surface area contributed by atoms with Crippen LogP contribution in [-0.4, -0.2) is 79.4 Å². The number of thioether (sulfide) groups is 2. The molecule has 2 saturated heterocycles. The van der Waals surface area contributed by atoms with Crippen molar-refractivity contribution in [2.45, 2.75) is 109 Å². The first-order chi connectivity index (χ1) is 31.2. The zero-order valence-electron chi connectivity index (χ0n) is 37.4. The smallest absolute Gasteiger partial charge is 0.311 e. The number of carbonyl (C=O) groups excluding carboxylic acids is 6. The van der Waals surface area contributed by atoms with Crippen molar-refractivity contribution in [2.75, 3.05) is 19.8 Å². The van der Waals surface area contributed by atoms with E-state index in [1.807, 2.05) is 49.4 Å². The fourth-order valence-corrected chi connectivity index (χ4v) is 8.76. The van der Waals surface area contributed by atoms with Crippen LogP contribution < -0.4 is 14.8 Å². The van der Waals surface area contributed by atoms with Gasteiger partial charge in [0.05, 0.1) is 15.9 Å². The Labute approximate surface area is 388 Å². The minimum Gasteiger partial charge on any atom is -0.489 e. The first-order valence-corrected chi connectivity index (χ1v) is 23.7. The van der Waals surface area contributed by atoms with E-state index in [2.05, 4.69) is 22.2 Å². The van der Waals surface area contributed by atoms with Gasteiger partial charge in [0.2, 0.25) is 11.8 Å². The van der Waals surface area contributed by atoms with Crippen molar-refractivity contribution in [2.24, 2.45) is 5.41 Å². The second-order valence-corrected chi connectivity index (χ2v) is 19.2. The maximum atomic E-state index is 13.5. The Bertz CT molecular complexity index is 2280. The lowest BCUT2D eigenvalue weighted by molar-refractivity contribution is -0.160. The number of ether oxygens (including phenoxy) is 4. The first kappa shape index (κ1) is 48.7. The second-order valence-electron chi connectivity index (χ2n) is 16.9. The highest BCUT2D eigenvalue weighted by Gasteiger charge is 2.39. The van der Waals surface area contributed by atoms with Crippen LogP contribution in [0.3, 0.4) is 0 Å². The normalized spacial score (nSPS) is 17.2. The van der Waals surface area contributed by atoms with Gasteiger partial charge in [-0.15, -0.1) is 0 Å². The number of rotatable bonds is 22. The number of benzene rings is 2. The number of nitrogens with one attached hydrogen (secondary N) is 1. The number of aromatic nitrogens is 2. The summed E-state index contributed by atoms with van der Waals surface area (Å²) < 4.78 is 23.8. The van der Waals surface area contributed by atoms with Crippen molar-refractivity contribution in [3.05, 3.63) is 119 Å². The molecule has 4 atom stereocenters. The molecule has 16 heteroatoms. The van der Waals surface area contributed by atoms with Crippen molar-refractivity contribution in [1.82, 2.24) is 20.2 Å². The Morgan fingerprint density at radius 2 is 1.29 bits per heavy atom. The van der Waals surface area contributed by atoms with E-state index in [1.165, 1.54) is 4.90 Å². The summed E-state index contributed by atoms with van der Waals surface area (Å²) in [4.78, 5) is 86.0. The average molecular weight is 925 g/mol. The SMILES string of the molecule is CCCCCC(=O)O[C@@H](COc1ccc(CC2SC(=O)NC2=O)cc1)c1ccc(CCN2C(=O)SC(Cc3ccc(OC[C@H](OC(=O)C(C)(C)C)c4ccc(CC)nc4)cc3)C2=O)nc1. The van der Waals surface area contributed by atoms with E-state index in [4.69, 9.17) is 18.9 Å². The maximum absolute atomic E-state index is 13.5. The predicted octanol–water partition coefficient (Wildman–Crippen LogP) is 8.74. The molecular formula is C49H56N4O10S2. The number of nitrogens with zero attached hydrogens (tertiary/aromatic N) is 3. The summed E-state index contributed by atoms with van der Waals surface area (Å²) in [5.41, 5.74) is 3.99. The minimum atomic E-state index is -0.745. The molecule has 0 saturated carbocycles. The lowest BCUT2D eigenvalue weighted by Gasteiger charge is -2.24. The third kappa shape index (κ3) is 14.1. The van der Waals surface area contributed by atoms with Crippen molar-refractivity contribution in [3.8, 4) is 11.5 Å². The van der Waals surface area contributed by atoms with E-state index < -0.39 is 28.1 Å². The molecule has 0 aliphatic carbocycles. The van der Waals surface area contributed by atoms with Gasteiger partial charge in [0.1, 0.15) is 24.7 Å². The largest absolute Gasteiger partial charge is 0.489 e. The van der Waals surface area contributed by atoms with Crippen LogP contribution in [0.15, 0.2) is 85.2 Å². The lowest BCUT2D eigenvalue weighted by atomic mass is 9.97. The molecule has 2 aromatic heterocycles. The highest BCUT2D eigenvalue weighted by molar-refractivity contribution is 8.15. The van der Waals surface area contributed by atoms with Crippen LogP contribution in [-0.2, 0) is 54.3 Å². The molecular weight excluding hydrogens is 869 g/mol. The summed E-state index contributed by atoms with van der Waals surface area (Å²) in [6.45, 7) is 9.74. The fraction of sp³-hybridized carbons (Fsp3) is 0.429. The number of carbonyl (C=O) groups is 6. The van der Waals surface area contributed by atoms with Crippen LogP contribution in [0.4, 0.5) is 9.59 Å². The number of pyridine rings is 2. The first-order valence-electron chi connectivity index (χ1n) is 22.0. The lowest BCUT2D eigenvalue weighted by Crippen LogP contribution is -2.34. The van der Waals surface area contributed by atoms with Crippen LogP contribution in [0.1, 0.15) is 106 Å². The standard InChI is InChI=1S/C49H56N4O10S2/c1-6-8-9-10-43(54)62-39(29-60-37-19-11-31(12-20-37)25-41-44(55)52-47(58)64-41)33-16-18-36(51-28-33)23-24-53-45(56)42(65-48(53)59)26-32-13-21-38(22-14-32)61-30-40(63-46(57)49(3,4)5)34-15-17-35(7-2)50-27-34/h11-22,27-28,39-42H,6-10,23-26,29-30H2,1-5H3,(H,52,55,58)/t39-,40-,41?,42?/m0/s1. The predicted molar refractivity (Wildman–Crippen MR) is 248 cm³/mol. The molecule has 0 radical (unpaired) electrons. The van der Waals surface area contributed by atoms with Gasteiger partial charge in [-0.25, -0.2) is 0 Å². The van der Waals surface area contributed by atoms with Gasteiger partial charge in [0.15, 0.2) is 12.2 Å². The molecule has 344 valence electrons. The van der Waals surface area contributed by atoms with Gasteiger partial charge in [-0.3, -0.25) is 49.0 Å². The summed E-state index contributed by atoms with van der Waals surface area (Å²) in [6, 6.07) is 21.9. The highest BCUT2D eigenvalue weighted by Crippen LogP contribution is 2.31. The van der Waals surface area contributed by atoms with Gasteiger partial charge < -0.3 is 18.9 Å². The Morgan fingerprint density at radius 1 is 0.723 bits per heavy atom. The summed E-state index contributed by atoms with van der Waals surface area (Å²) in [5, 5.41) is 0.595. The quantitative estimate of drug-likeness (QED) is 0.0584. The highest BCUT2D eigenvalue weighted by atomic mass is 32.2. The van der Waals surface area contributed by atoms with Gasteiger partial charge in [-0.1, -0.05) is 86.6 Å².